The number of imide groups is 1. The number of rotatable bonds is 2. The van der Waals surface area contributed by atoms with Crippen LogP contribution in [0.4, 0.5) is 5.69 Å². The zero-order valence-corrected chi connectivity index (χ0v) is 10.6. The van der Waals surface area contributed by atoms with Gasteiger partial charge in [0.05, 0.1) is 6.54 Å². The van der Waals surface area contributed by atoms with Crippen LogP contribution in [0.2, 0.25) is 0 Å². The number of benzene rings is 1. The maximum atomic E-state index is 11.9. The van der Waals surface area contributed by atoms with Gasteiger partial charge in [0.1, 0.15) is 0 Å². The smallest absolute Gasteiger partial charge is 0.229 e. The first-order chi connectivity index (χ1) is 8.59. The summed E-state index contributed by atoms with van der Waals surface area (Å²) >= 11 is 0. The molecule has 0 unspecified atom stereocenters. The molecule has 2 rings (SSSR count). The molecule has 1 saturated heterocycles. The number of carbonyl (C=O) groups is 2. The Labute approximate surface area is 107 Å². The third-order valence-corrected chi connectivity index (χ3v) is 3.45. The average molecular weight is 246 g/mol. The molecule has 0 aromatic heterocycles. The Hall–Kier alpha value is -1.84. The monoisotopic (exact) mass is 246 g/mol. The van der Waals surface area contributed by atoms with Gasteiger partial charge in [0.15, 0.2) is 0 Å². The number of carbonyl (C=O) groups excluding carboxylic acids is 2. The van der Waals surface area contributed by atoms with E-state index in [1.165, 1.54) is 4.90 Å². The Balaban J connectivity index is 2.23. The molecule has 0 atom stereocenters. The third-order valence-electron chi connectivity index (χ3n) is 3.45. The number of hydrogen-bond donors (Lipinski definition) is 1. The molecule has 0 radical (unpaired) electrons. The van der Waals surface area contributed by atoms with Gasteiger partial charge in [-0.15, -0.1) is 0 Å². The third kappa shape index (κ3) is 2.53. The Bertz CT molecular complexity index is 465. The van der Waals surface area contributed by atoms with Crippen molar-refractivity contribution in [1.82, 2.24) is 4.90 Å². The predicted molar refractivity (Wildman–Crippen MR) is 69.6 cm³/mol. The minimum absolute atomic E-state index is 0.0701. The van der Waals surface area contributed by atoms with Gasteiger partial charge in [0.25, 0.3) is 0 Å². The summed E-state index contributed by atoms with van der Waals surface area (Å²) in [5.74, 6) is -0.140. The Kier molecular flexibility index (Phi) is 3.65. The maximum absolute atomic E-state index is 11.9. The van der Waals surface area contributed by atoms with Gasteiger partial charge in [-0.1, -0.05) is 12.1 Å². The summed E-state index contributed by atoms with van der Waals surface area (Å²) in [7, 11) is 0. The van der Waals surface area contributed by atoms with Crippen molar-refractivity contribution in [2.75, 3.05) is 5.73 Å². The van der Waals surface area contributed by atoms with Crippen LogP contribution in [0.3, 0.4) is 0 Å². The topological polar surface area (TPSA) is 63.4 Å². The molecule has 2 amide bonds. The SMILES string of the molecule is Cc1c(N)cccc1CN1C(=O)CCCCC1=O. The largest absolute Gasteiger partial charge is 0.399 e. The van der Waals surface area contributed by atoms with Crippen molar-refractivity contribution in [2.24, 2.45) is 0 Å². The van der Waals surface area contributed by atoms with Crippen molar-refractivity contribution in [2.45, 2.75) is 39.2 Å². The Morgan fingerprint density at radius 2 is 1.78 bits per heavy atom. The van der Waals surface area contributed by atoms with Crippen LogP contribution in [-0.4, -0.2) is 16.7 Å². The van der Waals surface area contributed by atoms with Gasteiger partial charge in [0.2, 0.25) is 11.8 Å². The van der Waals surface area contributed by atoms with Crippen LogP contribution < -0.4 is 5.73 Å². The summed E-state index contributed by atoms with van der Waals surface area (Å²) < 4.78 is 0. The molecule has 4 heteroatoms. The Morgan fingerprint density at radius 1 is 1.17 bits per heavy atom. The van der Waals surface area contributed by atoms with E-state index in [1.807, 2.05) is 25.1 Å². The van der Waals surface area contributed by atoms with E-state index < -0.39 is 0 Å². The highest BCUT2D eigenvalue weighted by Gasteiger charge is 2.24. The highest BCUT2D eigenvalue weighted by atomic mass is 16.2. The number of hydrogen-bond acceptors (Lipinski definition) is 3. The maximum Gasteiger partial charge on any atom is 0.229 e. The van der Waals surface area contributed by atoms with Gasteiger partial charge < -0.3 is 5.73 Å². The van der Waals surface area contributed by atoms with Crippen LogP contribution in [0, 0.1) is 6.92 Å². The molecule has 1 aliphatic heterocycles. The zero-order valence-electron chi connectivity index (χ0n) is 10.6. The molecular weight excluding hydrogens is 228 g/mol. The van der Waals surface area contributed by atoms with E-state index in [0.29, 0.717) is 25.1 Å². The average Bonchev–Trinajstić information content (AvgIpc) is 2.49. The van der Waals surface area contributed by atoms with E-state index in [4.69, 9.17) is 5.73 Å². The van der Waals surface area contributed by atoms with Crippen LogP contribution in [0.1, 0.15) is 36.8 Å². The van der Waals surface area contributed by atoms with Gasteiger partial charge in [-0.3, -0.25) is 14.5 Å². The van der Waals surface area contributed by atoms with E-state index in [0.717, 1.165) is 24.0 Å². The number of nitrogens with two attached hydrogens (primary N) is 1. The molecule has 1 aromatic carbocycles. The number of nitrogens with zero attached hydrogens (tertiary/aromatic N) is 1. The minimum Gasteiger partial charge on any atom is -0.399 e. The normalized spacial score (nSPS) is 16.8. The van der Waals surface area contributed by atoms with Crippen molar-refractivity contribution in [3.05, 3.63) is 29.3 Å². The molecule has 96 valence electrons. The molecule has 1 aliphatic rings. The quantitative estimate of drug-likeness (QED) is 0.641. The fourth-order valence-corrected chi connectivity index (χ4v) is 2.18. The van der Waals surface area contributed by atoms with Gasteiger partial charge in [-0.2, -0.15) is 0 Å². The number of amides is 2. The van der Waals surface area contributed by atoms with E-state index in [2.05, 4.69) is 0 Å². The van der Waals surface area contributed by atoms with E-state index >= 15 is 0 Å². The van der Waals surface area contributed by atoms with Crippen LogP contribution in [0.5, 0.6) is 0 Å². The molecule has 4 nitrogen and oxygen atoms in total. The molecule has 0 spiro atoms. The molecule has 0 saturated carbocycles. The Morgan fingerprint density at radius 3 is 2.39 bits per heavy atom. The molecule has 18 heavy (non-hydrogen) atoms. The lowest BCUT2D eigenvalue weighted by atomic mass is 10.1. The lowest BCUT2D eigenvalue weighted by Gasteiger charge is -2.20. The zero-order chi connectivity index (χ0) is 13.1. The summed E-state index contributed by atoms with van der Waals surface area (Å²) in [6, 6.07) is 5.59. The summed E-state index contributed by atoms with van der Waals surface area (Å²) in [6.07, 6.45) is 2.54. The van der Waals surface area contributed by atoms with Crippen LogP contribution in [-0.2, 0) is 16.1 Å². The van der Waals surface area contributed by atoms with Crippen LogP contribution >= 0.6 is 0 Å². The first-order valence-corrected chi connectivity index (χ1v) is 6.27. The summed E-state index contributed by atoms with van der Waals surface area (Å²) in [5.41, 5.74) is 8.42. The molecule has 0 bridgehead atoms. The first kappa shape index (κ1) is 12.6. The minimum atomic E-state index is -0.0701. The molecular formula is C14H18N2O2. The van der Waals surface area contributed by atoms with Gasteiger partial charge >= 0.3 is 0 Å². The lowest BCUT2D eigenvalue weighted by molar-refractivity contribution is -0.144. The molecule has 1 fully saturated rings. The van der Waals surface area contributed by atoms with E-state index in [9.17, 15) is 9.59 Å². The van der Waals surface area contributed by atoms with Crippen molar-refractivity contribution in [1.29, 1.82) is 0 Å². The second kappa shape index (κ2) is 5.21. The fourth-order valence-electron chi connectivity index (χ4n) is 2.18. The fraction of sp³-hybridized carbons (Fsp3) is 0.429. The number of likely N-dealkylation sites (tertiary alicyclic amines) is 1. The summed E-state index contributed by atoms with van der Waals surface area (Å²) in [5, 5.41) is 0. The molecule has 1 aromatic rings. The molecule has 0 aliphatic carbocycles. The molecule has 2 N–H and O–H groups in total. The highest BCUT2D eigenvalue weighted by Crippen LogP contribution is 2.20. The standard InChI is InChI=1S/C14H18N2O2/c1-10-11(5-4-6-12(10)15)9-16-13(17)7-2-3-8-14(16)18/h4-6H,2-3,7-9,15H2,1H3. The second-order valence-electron chi connectivity index (χ2n) is 4.71. The van der Waals surface area contributed by atoms with E-state index in [1.54, 1.807) is 0 Å². The summed E-state index contributed by atoms with van der Waals surface area (Å²) in [6.45, 7) is 2.26. The second-order valence-corrected chi connectivity index (χ2v) is 4.71. The van der Waals surface area contributed by atoms with Crippen LogP contribution in [0.15, 0.2) is 18.2 Å². The van der Waals surface area contributed by atoms with Crippen molar-refractivity contribution in [3.63, 3.8) is 0 Å². The van der Waals surface area contributed by atoms with Crippen molar-refractivity contribution >= 4 is 17.5 Å². The molecule has 1 heterocycles. The first-order valence-electron chi connectivity index (χ1n) is 6.27. The lowest BCUT2D eigenvalue weighted by Crippen LogP contribution is -2.34. The summed E-state index contributed by atoms with van der Waals surface area (Å²) in [4.78, 5) is 25.2. The van der Waals surface area contributed by atoms with Crippen molar-refractivity contribution in [3.8, 4) is 0 Å². The van der Waals surface area contributed by atoms with Crippen LogP contribution in [0.25, 0.3) is 0 Å². The van der Waals surface area contributed by atoms with Crippen molar-refractivity contribution < 1.29 is 9.59 Å². The number of nitrogen functional groups attached to an aromatic ring is 1. The predicted octanol–water partition coefficient (Wildman–Crippen LogP) is 2.01. The van der Waals surface area contributed by atoms with Gasteiger partial charge in [0, 0.05) is 18.5 Å². The van der Waals surface area contributed by atoms with E-state index in [-0.39, 0.29) is 11.8 Å². The van der Waals surface area contributed by atoms with Gasteiger partial charge in [-0.25, -0.2) is 0 Å². The number of anilines is 1. The highest BCUT2D eigenvalue weighted by molar-refractivity contribution is 5.96. The van der Waals surface area contributed by atoms with Gasteiger partial charge in [-0.05, 0) is 37.0 Å².